The zero-order chi connectivity index (χ0) is 8.55. The van der Waals surface area contributed by atoms with Gasteiger partial charge in [-0.3, -0.25) is 0 Å². The summed E-state index contributed by atoms with van der Waals surface area (Å²) in [5, 5.41) is 0. The Balaban J connectivity index is 2.56. The molecule has 1 aliphatic rings. The minimum absolute atomic E-state index is 0.619. The summed E-state index contributed by atoms with van der Waals surface area (Å²) in [5.74, 6) is 0.619. The number of rotatable bonds is 0. The Morgan fingerprint density at radius 3 is 3.08 bits per heavy atom. The first kappa shape index (κ1) is 7.41. The molecular weight excluding hydrogens is 146 g/mol. The third-order valence-electron chi connectivity index (χ3n) is 2.43. The minimum Gasteiger partial charge on any atom is -0.399 e. The Bertz CT molecular complexity index is 326. The molecule has 2 rings (SSSR count). The van der Waals surface area contributed by atoms with Crippen molar-refractivity contribution < 1.29 is 0 Å². The summed E-state index contributed by atoms with van der Waals surface area (Å²) in [5.41, 5.74) is 9.30. The number of anilines is 1. The molecule has 1 aromatic rings. The fourth-order valence-electron chi connectivity index (χ4n) is 1.70. The van der Waals surface area contributed by atoms with Gasteiger partial charge in [-0.2, -0.15) is 0 Å². The van der Waals surface area contributed by atoms with Crippen LogP contribution in [0.3, 0.4) is 0 Å². The Morgan fingerprint density at radius 1 is 1.42 bits per heavy atom. The van der Waals surface area contributed by atoms with Gasteiger partial charge in [0.2, 0.25) is 0 Å². The van der Waals surface area contributed by atoms with Crippen molar-refractivity contribution in [3.63, 3.8) is 0 Å². The van der Waals surface area contributed by atoms with Crippen molar-refractivity contribution >= 4 is 11.8 Å². The lowest BCUT2D eigenvalue weighted by Gasteiger charge is -2.17. The highest BCUT2D eigenvalue weighted by Crippen LogP contribution is 2.30. The molecule has 1 unspecified atom stereocenters. The smallest absolute Gasteiger partial charge is 0.0317 e. The topological polar surface area (TPSA) is 26.0 Å². The second-order valence-electron chi connectivity index (χ2n) is 3.43. The van der Waals surface area contributed by atoms with Gasteiger partial charge in [0.25, 0.3) is 0 Å². The minimum atomic E-state index is 0.619. The number of nitrogen functional groups attached to an aromatic ring is 1. The fraction of sp³-hybridized carbons (Fsp3) is 0.273. The van der Waals surface area contributed by atoms with Crippen molar-refractivity contribution in [1.82, 2.24) is 0 Å². The average molecular weight is 159 g/mol. The molecule has 62 valence electrons. The highest BCUT2D eigenvalue weighted by molar-refractivity contribution is 5.61. The molecule has 12 heavy (non-hydrogen) atoms. The van der Waals surface area contributed by atoms with E-state index in [0.717, 1.165) is 12.1 Å². The van der Waals surface area contributed by atoms with Crippen LogP contribution < -0.4 is 5.73 Å². The van der Waals surface area contributed by atoms with Gasteiger partial charge < -0.3 is 5.73 Å². The second kappa shape index (κ2) is 2.67. The number of fused-ring (bicyclic) bond motifs is 1. The van der Waals surface area contributed by atoms with E-state index in [4.69, 9.17) is 5.73 Å². The lowest BCUT2D eigenvalue weighted by Crippen LogP contribution is -2.00. The quantitative estimate of drug-likeness (QED) is 0.579. The van der Waals surface area contributed by atoms with Crippen molar-refractivity contribution in [1.29, 1.82) is 0 Å². The summed E-state index contributed by atoms with van der Waals surface area (Å²) >= 11 is 0. The van der Waals surface area contributed by atoms with Gasteiger partial charge >= 0.3 is 0 Å². The van der Waals surface area contributed by atoms with Gasteiger partial charge in [0.05, 0.1) is 0 Å². The van der Waals surface area contributed by atoms with E-state index in [-0.39, 0.29) is 0 Å². The maximum absolute atomic E-state index is 5.72. The van der Waals surface area contributed by atoms with E-state index >= 15 is 0 Å². The summed E-state index contributed by atoms with van der Waals surface area (Å²) in [6, 6.07) is 6.14. The molecule has 0 saturated carbocycles. The van der Waals surface area contributed by atoms with Crippen LogP contribution in [-0.2, 0) is 0 Å². The Hall–Kier alpha value is -1.24. The molecular formula is C11H13N. The van der Waals surface area contributed by atoms with Gasteiger partial charge in [-0.25, -0.2) is 0 Å². The Kier molecular flexibility index (Phi) is 1.65. The first-order chi connectivity index (χ1) is 5.77. The van der Waals surface area contributed by atoms with E-state index in [2.05, 4.69) is 31.2 Å². The van der Waals surface area contributed by atoms with Gasteiger partial charge in [-0.1, -0.05) is 25.1 Å². The van der Waals surface area contributed by atoms with E-state index in [0.29, 0.717) is 5.92 Å². The molecule has 0 saturated heterocycles. The average Bonchev–Trinajstić information content (AvgIpc) is 2.07. The predicted octanol–water partition coefficient (Wildman–Crippen LogP) is 2.79. The summed E-state index contributed by atoms with van der Waals surface area (Å²) in [6.07, 6.45) is 5.54. The highest BCUT2D eigenvalue weighted by atomic mass is 14.5. The van der Waals surface area contributed by atoms with Gasteiger partial charge in [-0.05, 0) is 35.6 Å². The summed E-state index contributed by atoms with van der Waals surface area (Å²) < 4.78 is 0. The van der Waals surface area contributed by atoms with Crippen molar-refractivity contribution in [2.24, 2.45) is 0 Å². The summed E-state index contributed by atoms with van der Waals surface area (Å²) in [4.78, 5) is 0. The number of nitrogens with two attached hydrogens (primary N) is 1. The van der Waals surface area contributed by atoms with Gasteiger partial charge in [0, 0.05) is 5.69 Å². The van der Waals surface area contributed by atoms with Crippen molar-refractivity contribution in [3.05, 3.63) is 35.4 Å². The molecule has 1 atom stereocenters. The largest absolute Gasteiger partial charge is 0.399 e. The third-order valence-corrected chi connectivity index (χ3v) is 2.43. The molecule has 0 aromatic heterocycles. The standard InChI is InChI=1S/C11H13N/c1-8-3-2-4-9-5-6-10(12)7-11(8)9/h2,4-8H,3,12H2,1H3. The van der Waals surface area contributed by atoms with Crippen LogP contribution in [0.2, 0.25) is 0 Å². The van der Waals surface area contributed by atoms with E-state index < -0.39 is 0 Å². The second-order valence-corrected chi connectivity index (χ2v) is 3.43. The predicted molar refractivity (Wildman–Crippen MR) is 52.9 cm³/mol. The molecule has 1 nitrogen and oxygen atoms in total. The molecule has 0 spiro atoms. The zero-order valence-corrected chi connectivity index (χ0v) is 7.25. The van der Waals surface area contributed by atoms with Crippen LogP contribution in [0.25, 0.3) is 6.08 Å². The molecule has 0 radical (unpaired) electrons. The van der Waals surface area contributed by atoms with Crippen LogP contribution in [0.4, 0.5) is 5.69 Å². The Labute approximate surface area is 72.9 Å². The maximum atomic E-state index is 5.72. The molecule has 0 aliphatic heterocycles. The van der Waals surface area contributed by atoms with Gasteiger partial charge in [0.15, 0.2) is 0 Å². The van der Waals surface area contributed by atoms with Gasteiger partial charge in [0.1, 0.15) is 0 Å². The van der Waals surface area contributed by atoms with Crippen LogP contribution in [0, 0.1) is 0 Å². The fourth-order valence-corrected chi connectivity index (χ4v) is 1.70. The lowest BCUT2D eigenvalue weighted by atomic mass is 9.88. The Morgan fingerprint density at radius 2 is 2.25 bits per heavy atom. The highest BCUT2D eigenvalue weighted by Gasteiger charge is 2.11. The number of benzene rings is 1. The molecule has 0 bridgehead atoms. The van der Waals surface area contributed by atoms with Crippen LogP contribution in [0.15, 0.2) is 24.3 Å². The van der Waals surface area contributed by atoms with E-state index in [9.17, 15) is 0 Å². The lowest BCUT2D eigenvalue weighted by molar-refractivity contribution is 0.772. The van der Waals surface area contributed by atoms with Gasteiger partial charge in [-0.15, -0.1) is 0 Å². The maximum Gasteiger partial charge on any atom is 0.0317 e. The summed E-state index contributed by atoms with van der Waals surface area (Å²) in [7, 11) is 0. The number of allylic oxidation sites excluding steroid dienone is 1. The molecule has 0 heterocycles. The third kappa shape index (κ3) is 1.11. The van der Waals surface area contributed by atoms with Crippen LogP contribution in [0.5, 0.6) is 0 Å². The normalized spacial score (nSPS) is 20.6. The molecule has 1 aromatic carbocycles. The SMILES string of the molecule is CC1CC=Cc2ccc(N)cc21. The molecule has 1 aliphatic carbocycles. The van der Waals surface area contributed by atoms with E-state index in [1.807, 2.05) is 6.07 Å². The molecule has 0 amide bonds. The van der Waals surface area contributed by atoms with Crippen LogP contribution in [0.1, 0.15) is 30.4 Å². The zero-order valence-electron chi connectivity index (χ0n) is 7.25. The molecule has 2 N–H and O–H groups in total. The van der Waals surface area contributed by atoms with Crippen LogP contribution in [-0.4, -0.2) is 0 Å². The number of hydrogen-bond donors (Lipinski definition) is 1. The monoisotopic (exact) mass is 159 g/mol. The number of hydrogen-bond acceptors (Lipinski definition) is 1. The van der Waals surface area contributed by atoms with Crippen molar-refractivity contribution in [2.45, 2.75) is 19.3 Å². The first-order valence-electron chi connectivity index (χ1n) is 4.33. The first-order valence-corrected chi connectivity index (χ1v) is 4.33. The van der Waals surface area contributed by atoms with E-state index in [1.165, 1.54) is 11.1 Å². The summed E-state index contributed by atoms with van der Waals surface area (Å²) in [6.45, 7) is 2.24. The van der Waals surface area contributed by atoms with E-state index in [1.54, 1.807) is 0 Å². The molecule has 1 heteroatoms. The van der Waals surface area contributed by atoms with Crippen LogP contribution >= 0.6 is 0 Å². The van der Waals surface area contributed by atoms with Crippen molar-refractivity contribution in [3.8, 4) is 0 Å². The van der Waals surface area contributed by atoms with Crippen molar-refractivity contribution in [2.75, 3.05) is 5.73 Å². The molecule has 0 fully saturated rings.